The topological polar surface area (TPSA) is 63.6 Å². The minimum atomic E-state index is -3.47. The van der Waals surface area contributed by atoms with Gasteiger partial charge in [0.25, 0.3) is 0 Å². The average Bonchev–Trinajstić information content (AvgIpc) is 2.52. The molecule has 0 aliphatic heterocycles. The van der Waals surface area contributed by atoms with Gasteiger partial charge in [0, 0.05) is 0 Å². The summed E-state index contributed by atoms with van der Waals surface area (Å²) in [7, 11) is -3.47. The molecule has 0 radical (unpaired) electrons. The minimum absolute atomic E-state index is 0.0992. The molecule has 0 aliphatic carbocycles. The van der Waals surface area contributed by atoms with E-state index >= 15 is 0 Å². The fraction of sp³-hybridized carbons (Fsp3) is 0.333. The lowest BCUT2D eigenvalue weighted by atomic mass is 10.1. The van der Waals surface area contributed by atoms with E-state index in [0.29, 0.717) is 0 Å². The third-order valence-electron chi connectivity index (χ3n) is 3.61. The van der Waals surface area contributed by atoms with Crippen molar-refractivity contribution in [1.29, 1.82) is 0 Å². The molecule has 4 nitrogen and oxygen atoms in total. The van der Waals surface area contributed by atoms with Crippen molar-refractivity contribution in [1.82, 2.24) is 0 Å². The van der Waals surface area contributed by atoms with Crippen molar-refractivity contribution in [2.45, 2.75) is 24.8 Å². The van der Waals surface area contributed by atoms with Crippen LogP contribution in [-0.2, 0) is 14.6 Å². The lowest BCUT2D eigenvalue weighted by molar-refractivity contribution is 0.0402. The van der Waals surface area contributed by atoms with Gasteiger partial charge < -0.3 is 9.84 Å². The number of sulfone groups is 1. The molecule has 2 aromatic rings. The van der Waals surface area contributed by atoms with Crippen LogP contribution >= 0.6 is 0 Å². The van der Waals surface area contributed by atoms with Crippen LogP contribution in [0.4, 0.5) is 0 Å². The Labute approximate surface area is 137 Å². The van der Waals surface area contributed by atoms with Crippen LogP contribution in [0.25, 0.3) is 0 Å². The first kappa shape index (κ1) is 17.7. The third kappa shape index (κ3) is 4.89. The molecular formula is C18H22O4S. The molecule has 1 N–H and O–H groups in total. The van der Waals surface area contributed by atoms with Gasteiger partial charge in [-0.2, -0.15) is 0 Å². The fourth-order valence-electron chi connectivity index (χ4n) is 2.26. The molecule has 2 rings (SSSR count). The standard InChI is InChI=1S/C18H22O4S/c1-14-3-7-16(8-4-14)18(22-12-11-19)13-23(20,21)17-9-5-15(2)6-10-17/h3-10,18-19H,11-13H2,1-2H3. The molecule has 2 aromatic carbocycles. The van der Waals surface area contributed by atoms with Gasteiger partial charge in [0.2, 0.25) is 0 Å². The molecule has 0 aliphatic rings. The van der Waals surface area contributed by atoms with Crippen molar-refractivity contribution >= 4 is 9.84 Å². The van der Waals surface area contributed by atoms with Gasteiger partial charge in [-0.1, -0.05) is 47.5 Å². The van der Waals surface area contributed by atoms with Crippen molar-refractivity contribution in [3.63, 3.8) is 0 Å². The second-order valence-electron chi connectivity index (χ2n) is 5.59. The molecule has 0 fully saturated rings. The quantitative estimate of drug-likeness (QED) is 0.846. The second-order valence-corrected chi connectivity index (χ2v) is 7.62. The van der Waals surface area contributed by atoms with Crippen LogP contribution in [0.2, 0.25) is 0 Å². The molecule has 0 saturated heterocycles. The molecule has 23 heavy (non-hydrogen) atoms. The van der Waals surface area contributed by atoms with E-state index in [9.17, 15) is 8.42 Å². The van der Waals surface area contributed by atoms with E-state index in [1.165, 1.54) is 0 Å². The predicted molar refractivity (Wildman–Crippen MR) is 90.2 cm³/mol. The summed E-state index contributed by atoms with van der Waals surface area (Å²) in [6.07, 6.45) is -0.603. The highest BCUT2D eigenvalue weighted by molar-refractivity contribution is 7.91. The summed E-state index contributed by atoms with van der Waals surface area (Å²) in [5, 5.41) is 8.98. The first-order valence-corrected chi connectivity index (χ1v) is 9.16. The number of aliphatic hydroxyl groups excluding tert-OH is 1. The van der Waals surface area contributed by atoms with Gasteiger partial charge in [-0.15, -0.1) is 0 Å². The number of benzene rings is 2. The Kier molecular flexibility index (Phi) is 5.93. The summed E-state index contributed by atoms with van der Waals surface area (Å²) in [5.41, 5.74) is 2.89. The number of ether oxygens (including phenoxy) is 1. The minimum Gasteiger partial charge on any atom is -0.394 e. The van der Waals surface area contributed by atoms with Crippen molar-refractivity contribution in [3.8, 4) is 0 Å². The largest absolute Gasteiger partial charge is 0.394 e. The molecular weight excluding hydrogens is 312 g/mol. The Morgan fingerprint density at radius 1 is 0.957 bits per heavy atom. The molecule has 0 saturated carbocycles. The zero-order valence-corrected chi connectivity index (χ0v) is 14.2. The number of rotatable bonds is 7. The third-order valence-corrected chi connectivity index (χ3v) is 5.34. The maximum absolute atomic E-state index is 12.6. The van der Waals surface area contributed by atoms with Crippen LogP contribution in [-0.4, -0.2) is 32.5 Å². The maximum atomic E-state index is 12.6. The van der Waals surface area contributed by atoms with Crippen LogP contribution in [0.3, 0.4) is 0 Å². The second kappa shape index (κ2) is 7.73. The van der Waals surface area contributed by atoms with E-state index in [2.05, 4.69) is 0 Å². The Morgan fingerprint density at radius 3 is 2.00 bits per heavy atom. The van der Waals surface area contributed by atoms with Crippen molar-refractivity contribution in [2.24, 2.45) is 0 Å². The predicted octanol–water partition coefficient (Wildman–Crippen LogP) is 2.83. The van der Waals surface area contributed by atoms with E-state index in [0.717, 1.165) is 16.7 Å². The van der Waals surface area contributed by atoms with Crippen molar-refractivity contribution < 1.29 is 18.3 Å². The Bertz CT molecular complexity index is 719. The Morgan fingerprint density at radius 2 is 1.48 bits per heavy atom. The Balaban J connectivity index is 2.25. The van der Waals surface area contributed by atoms with Crippen LogP contribution in [0.5, 0.6) is 0 Å². The highest BCUT2D eigenvalue weighted by atomic mass is 32.2. The first-order chi connectivity index (χ1) is 10.9. The van der Waals surface area contributed by atoms with E-state index in [4.69, 9.17) is 9.84 Å². The van der Waals surface area contributed by atoms with Crippen LogP contribution in [0.1, 0.15) is 22.8 Å². The van der Waals surface area contributed by atoms with Gasteiger partial charge in [-0.3, -0.25) is 0 Å². The van der Waals surface area contributed by atoms with E-state index in [1.54, 1.807) is 24.3 Å². The SMILES string of the molecule is Cc1ccc(C(CS(=O)(=O)c2ccc(C)cc2)OCCO)cc1. The van der Waals surface area contributed by atoms with Crippen molar-refractivity contribution in [3.05, 3.63) is 65.2 Å². The van der Waals surface area contributed by atoms with Gasteiger partial charge in [0.05, 0.1) is 30.0 Å². The summed E-state index contributed by atoms with van der Waals surface area (Å²) in [6.45, 7) is 3.83. The number of hydrogen-bond donors (Lipinski definition) is 1. The molecule has 1 unspecified atom stereocenters. The highest BCUT2D eigenvalue weighted by Crippen LogP contribution is 2.24. The van der Waals surface area contributed by atoms with Gasteiger partial charge in [0.15, 0.2) is 9.84 Å². The summed E-state index contributed by atoms with van der Waals surface area (Å²) in [6, 6.07) is 14.4. The van der Waals surface area contributed by atoms with Crippen LogP contribution in [0, 0.1) is 13.8 Å². The van der Waals surface area contributed by atoms with E-state index in [1.807, 2.05) is 38.1 Å². The molecule has 0 heterocycles. The fourth-order valence-corrected chi connectivity index (χ4v) is 3.69. The smallest absolute Gasteiger partial charge is 0.181 e. The van der Waals surface area contributed by atoms with Crippen molar-refractivity contribution in [2.75, 3.05) is 19.0 Å². The summed E-state index contributed by atoms with van der Waals surface area (Å²) >= 11 is 0. The van der Waals surface area contributed by atoms with Crippen LogP contribution in [0.15, 0.2) is 53.4 Å². The molecule has 0 aromatic heterocycles. The molecule has 1 atom stereocenters. The maximum Gasteiger partial charge on any atom is 0.181 e. The number of aliphatic hydroxyl groups is 1. The van der Waals surface area contributed by atoms with Gasteiger partial charge >= 0.3 is 0 Å². The summed E-state index contributed by atoms with van der Waals surface area (Å²) in [4.78, 5) is 0.285. The monoisotopic (exact) mass is 334 g/mol. The normalized spacial score (nSPS) is 13.0. The summed E-state index contributed by atoms with van der Waals surface area (Å²) < 4.78 is 30.8. The average molecular weight is 334 g/mol. The molecule has 0 bridgehead atoms. The molecule has 0 spiro atoms. The molecule has 0 amide bonds. The molecule has 124 valence electrons. The lowest BCUT2D eigenvalue weighted by Crippen LogP contribution is -2.19. The lowest BCUT2D eigenvalue weighted by Gasteiger charge is -2.18. The zero-order chi connectivity index (χ0) is 16.9. The summed E-state index contributed by atoms with van der Waals surface area (Å²) in [5.74, 6) is -0.154. The molecule has 5 heteroatoms. The van der Waals surface area contributed by atoms with Gasteiger partial charge in [-0.25, -0.2) is 8.42 Å². The zero-order valence-electron chi connectivity index (χ0n) is 13.4. The van der Waals surface area contributed by atoms with E-state index < -0.39 is 15.9 Å². The number of hydrogen-bond acceptors (Lipinski definition) is 4. The highest BCUT2D eigenvalue weighted by Gasteiger charge is 2.23. The number of aryl methyl sites for hydroxylation is 2. The van der Waals surface area contributed by atoms with Gasteiger partial charge in [0.1, 0.15) is 0 Å². The first-order valence-electron chi connectivity index (χ1n) is 7.51. The van der Waals surface area contributed by atoms with Gasteiger partial charge in [-0.05, 0) is 31.5 Å². The Hall–Kier alpha value is -1.69. The van der Waals surface area contributed by atoms with E-state index in [-0.39, 0.29) is 23.9 Å². The van der Waals surface area contributed by atoms with Crippen LogP contribution < -0.4 is 0 Å².